The van der Waals surface area contributed by atoms with E-state index in [0.29, 0.717) is 27.8 Å². The molecule has 7 heteroatoms. The maximum atomic E-state index is 12.7. The highest BCUT2D eigenvalue weighted by atomic mass is 35.5. The van der Waals surface area contributed by atoms with Gasteiger partial charge in [-0.1, -0.05) is 41.9 Å². The molecule has 1 aliphatic carbocycles. The Morgan fingerprint density at radius 1 is 1.26 bits per heavy atom. The number of hydrogen-bond donors (Lipinski definition) is 2. The standard InChI is InChI=1S/C20H21ClN4O2/c1-20(27,13-6-3-2-4-7-13)12-17(26)24-19-22-15-10-11-16(21)23-18(15)25(19)14-8-5-9-14/h2-4,6-7,10-11,14,27H,5,8-9,12H2,1H3,(H,22,24,26). The van der Waals surface area contributed by atoms with Crippen LogP contribution in [0.5, 0.6) is 0 Å². The van der Waals surface area contributed by atoms with Gasteiger partial charge in [-0.25, -0.2) is 9.97 Å². The molecule has 1 amide bonds. The Morgan fingerprint density at radius 2 is 2.00 bits per heavy atom. The average molecular weight is 385 g/mol. The number of anilines is 1. The molecule has 0 aliphatic heterocycles. The van der Waals surface area contributed by atoms with Gasteiger partial charge in [-0.2, -0.15) is 0 Å². The molecular weight excluding hydrogens is 364 g/mol. The Bertz CT molecular complexity index is 980. The SMILES string of the molecule is CC(O)(CC(=O)Nc1nc2ccc(Cl)nc2n1C1CCC1)c1ccccc1. The topological polar surface area (TPSA) is 80.0 Å². The molecule has 0 radical (unpaired) electrons. The Hall–Kier alpha value is -2.44. The minimum absolute atomic E-state index is 0.0704. The van der Waals surface area contributed by atoms with Gasteiger partial charge in [-0.05, 0) is 43.9 Å². The number of aliphatic hydroxyl groups is 1. The third-order valence-electron chi connectivity index (χ3n) is 5.09. The zero-order chi connectivity index (χ0) is 19.0. The van der Waals surface area contributed by atoms with Gasteiger partial charge in [-0.15, -0.1) is 0 Å². The Morgan fingerprint density at radius 3 is 2.67 bits per heavy atom. The minimum atomic E-state index is -1.26. The second-order valence-corrected chi connectivity index (χ2v) is 7.62. The number of nitrogens with zero attached hydrogens (tertiary/aromatic N) is 3. The van der Waals surface area contributed by atoms with E-state index in [-0.39, 0.29) is 18.4 Å². The van der Waals surface area contributed by atoms with Crippen molar-refractivity contribution in [2.24, 2.45) is 0 Å². The predicted molar refractivity (Wildman–Crippen MR) is 105 cm³/mol. The molecule has 6 nitrogen and oxygen atoms in total. The number of pyridine rings is 1. The number of aromatic nitrogens is 3. The Labute approximate surface area is 162 Å². The van der Waals surface area contributed by atoms with Gasteiger partial charge in [-0.3, -0.25) is 14.7 Å². The van der Waals surface area contributed by atoms with Crippen molar-refractivity contribution in [1.82, 2.24) is 14.5 Å². The highest BCUT2D eigenvalue weighted by Crippen LogP contribution is 2.37. The highest BCUT2D eigenvalue weighted by Gasteiger charge is 2.29. The molecule has 2 heterocycles. The molecule has 2 aromatic heterocycles. The summed E-state index contributed by atoms with van der Waals surface area (Å²) in [6, 6.07) is 12.9. The van der Waals surface area contributed by atoms with Crippen LogP contribution in [0.4, 0.5) is 5.95 Å². The van der Waals surface area contributed by atoms with Crippen LogP contribution < -0.4 is 5.32 Å². The summed E-state index contributed by atoms with van der Waals surface area (Å²) in [5, 5.41) is 14.0. The van der Waals surface area contributed by atoms with Crippen molar-refractivity contribution in [3.05, 3.63) is 53.2 Å². The van der Waals surface area contributed by atoms with E-state index in [4.69, 9.17) is 11.6 Å². The van der Waals surface area contributed by atoms with Gasteiger partial charge in [0.15, 0.2) is 5.65 Å². The number of carbonyl (C=O) groups is 1. The quantitative estimate of drug-likeness (QED) is 0.650. The third-order valence-corrected chi connectivity index (χ3v) is 5.31. The summed E-state index contributed by atoms with van der Waals surface area (Å²) in [4.78, 5) is 21.6. The van der Waals surface area contributed by atoms with Gasteiger partial charge < -0.3 is 5.11 Å². The number of hydrogen-bond acceptors (Lipinski definition) is 4. The van der Waals surface area contributed by atoms with Crippen molar-refractivity contribution in [3.63, 3.8) is 0 Å². The largest absolute Gasteiger partial charge is 0.385 e. The normalized spacial score (nSPS) is 16.7. The molecule has 1 aliphatic rings. The average Bonchev–Trinajstić information content (AvgIpc) is 2.91. The van der Waals surface area contributed by atoms with Crippen LogP contribution in [0.2, 0.25) is 5.15 Å². The van der Waals surface area contributed by atoms with Crippen LogP contribution in [0.1, 0.15) is 44.2 Å². The highest BCUT2D eigenvalue weighted by molar-refractivity contribution is 6.29. The molecule has 140 valence electrons. The maximum absolute atomic E-state index is 12.7. The molecule has 27 heavy (non-hydrogen) atoms. The van der Waals surface area contributed by atoms with E-state index in [9.17, 15) is 9.90 Å². The number of rotatable bonds is 5. The zero-order valence-electron chi connectivity index (χ0n) is 15.0. The van der Waals surface area contributed by atoms with Crippen LogP contribution in [0.25, 0.3) is 11.2 Å². The number of halogens is 1. The molecule has 1 unspecified atom stereocenters. The number of imidazole rings is 1. The summed E-state index contributed by atoms with van der Waals surface area (Å²) in [6.07, 6.45) is 3.11. The summed E-state index contributed by atoms with van der Waals surface area (Å²) in [6.45, 7) is 1.64. The van der Waals surface area contributed by atoms with Crippen LogP contribution in [-0.2, 0) is 10.4 Å². The van der Waals surface area contributed by atoms with Gasteiger partial charge in [0.2, 0.25) is 11.9 Å². The van der Waals surface area contributed by atoms with Gasteiger partial charge >= 0.3 is 0 Å². The second kappa shape index (κ2) is 6.94. The molecule has 1 atom stereocenters. The van der Waals surface area contributed by atoms with Gasteiger partial charge in [0.05, 0.1) is 12.0 Å². The van der Waals surface area contributed by atoms with Crippen LogP contribution >= 0.6 is 11.6 Å². The van der Waals surface area contributed by atoms with Crippen LogP contribution in [0, 0.1) is 0 Å². The fourth-order valence-corrected chi connectivity index (χ4v) is 3.55. The van der Waals surface area contributed by atoms with Crippen molar-refractivity contribution in [1.29, 1.82) is 0 Å². The van der Waals surface area contributed by atoms with Crippen LogP contribution in [0.15, 0.2) is 42.5 Å². The van der Waals surface area contributed by atoms with E-state index >= 15 is 0 Å². The summed E-state index contributed by atoms with van der Waals surface area (Å²) in [7, 11) is 0. The first-order chi connectivity index (χ1) is 12.9. The molecule has 4 rings (SSSR count). The van der Waals surface area contributed by atoms with Crippen molar-refractivity contribution in [2.45, 2.75) is 44.2 Å². The molecule has 0 bridgehead atoms. The minimum Gasteiger partial charge on any atom is -0.385 e. The number of nitrogens with one attached hydrogen (secondary N) is 1. The number of amides is 1. The van der Waals surface area contributed by atoms with E-state index in [1.54, 1.807) is 19.1 Å². The molecule has 1 aromatic carbocycles. The lowest BCUT2D eigenvalue weighted by molar-refractivity contribution is -0.120. The molecule has 1 fully saturated rings. The predicted octanol–water partition coefficient (Wildman–Crippen LogP) is 4.05. The van der Waals surface area contributed by atoms with Crippen molar-refractivity contribution >= 4 is 34.6 Å². The van der Waals surface area contributed by atoms with E-state index in [0.717, 1.165) is 19.3 Å². The lowest BCUT2D eigenvalue weighted by Gasteiger charge is -2.29. The van der Waals surface area contributed by atoms with Gasteiger partial charge in [0.1, 0.15) is 10.7 Å². The molecule has 0 spiro atoms. The van der Waals surface area contributed by atoms with Crippen molar-refractivity contribution < 1.29 is 9.90 Å². The zero-order valence-corrected chi connectivity index (χ0v) is 15.8. The number of carbonyl (C=O) groups excluding carboxylic acids is 1. The summed E-state index contributed by atoms with van der Waals surface area (Å²) in [5.74, 6) is 0.157. The van der Waals surface area contributed by atoms with E-state index < -0.39 is 5.60 Å². The van der Waals surface area contributed by atoms with E-state index in [1.807, 2.05) is 34.9 Å². The van der Waals surface area contributed by atoms with E-state index in [2.05, 4.69) is 15.3 Å². The second-order valence-electron chi connectivity index (χ2n) is 7.23. The third kappa shape index (κ3) is 3.55. The summed E-state index contributed by atoms with van der Waals surface area (Å²) in [5.41, 5.74) is 0.801. The lowest BCUT2D eigenvalue weighted by atomic mass is 9.92. The van der Waals surface area contributed by atoms with Crippen LogP contribution in [0.3, 0.4) is 0 Å². The Balaban J connectivity index is 1.60. The first-order valence-corrected chi connectivity index (χ1v) is 9.44. The molecule has 0 saturated heterocycles. The molecular formula is C20H21ClN4O2. The molecule has 1 saturated carbocycles. The fraction of sp³-hybridized carbons (Fsp3) is 0.350. The Kier molecular flexibility index (Phi) is 4.61. The maximum Gasteiger partial charge on any atom is 0.229 e. The molecule has 3 aromatic rings. The van der Waals surface area contributed by atoms with Crippen molar-refractivity contribution in [3.8, 4) is 0 Å². The van der Waals surface area contributed by atoms with Gasteiger partial charge in [0.25, 0.3) is 0 Å². The first kappa shape index (κ1) is 17.9. The fourth-order valence-electron chi connectivity index (χ4n) is 3.41. The van der Waals surface area contributed by atoms with Crippen molar-refractivity contribution in [2.75, 3.05) is 5.32 Å². The van der Waals surface area contributed by atoms with Gasteiger partial charge in [0, 0.05) is 6.04 Å². The smallest absolute Gasteiger partial charge is 0.229 e. The number of benzene rings is 1. The number of fused-ring (bicyclic) bond motifs is 1. The summed E-state index contributed by atoms with van der Waals surface area (Å²) < 4.78 is 1.96. The molecule has 2 N–H and O–H groups in total. The first-order valence-electron chi connectivity index (χ1n) is 9.06. The monoisotopic (exact) mass is 384 g/mol. The van der Waals surface area contributed by atoms with Crippen LogP contribution in [-0.4, -0.2) is 25.5 Å². The lowest BCUT2D eigenvalue weighted by Crippen LogP contribution is -2.30. The van der Waals surface area contributed by atoms with E-state index in [1.165, 1.54) is 0 Å². The summed E-state index contributed by atoms with van der Waals surface area (Å²) >= 11 is 6.05.